The third-order valence-corrected chi connectivity index (χ3v) is 4.98. The van der Waals surface area contributed by atoms with E-state index in [0.717, 1.165) is 10.9 Å². The van der Waals surface area contributed by atoms with Crippen molar-refractivity contribution in [3.63, 3.8) is 0 Å². The van der Waals surface area contributed by atoms with Crippen LogP contribution in [0.2, 0.25) is 0 Å². The Labute approximate surface area is 183 Å². The summed E-state index contributed by atoms with van der Waals surface area (Å²) < 4.78 is 17.5. The molecule has 0 atom stereocenters. The van der Waals surface area contributed by atoms with Crippen LogP contribution in [0.25, 0.3) is 21.9 Å². The number of esters is 1. The molecule has 0 radical (unpaired) electrons. The maximum atomic E-state index is 12.3. The Morgan fingerprint density at radius 3 is 2.75 bits per heavy atom. The molecule has 8 heteroatoms. The monoisotopic (exact) mass is 434 g/mol. The van der Waals surface area contributed by atoms with Gasteiger partial charge in [0.1, 0.15) is 12.2 Å². The van der Waals surface area contributed by atoms with E-state index in [1.54, 1.807) is 19.1 Å². The lowest BCUT2D eigenvalue weighted by Crippen LogP contribution is -2.13. The first-order valence-electron chi connectivity index (χ1n) is 10.2. The fourth-order valence-corrected chi connectivity index (χ4v) is 3.49. The van der Waals surface area contributed by atoms with E-state index in [9.17, 15) is 14.4 Å². The minimum absolute atomic E-state index is 0.0575. The highest BCUT2D eigenvalue weighted by atomic mass is 16.5. The number of hydrogen-bond donors (Lipinski definition) is 1. The van der Waals surface area contributed by atoms with Gasteiger partial charge in [-0.1, -0.05) is 18.2 Å². The average molecular weight is 434 g/mol. The summed E-state index contributed by atoms with van der Waals surface area (Å²) in [4.78, 5) is 35.9. The molecule has 0 aliphatic rings. The fourth-order valence-electron chi connectivity index (χ4n) is 3.49. The van der Waals surface area contributed by atoms with Crippen LogP contribution in [0.4, 0.5) is 10.5 Å². The summed E-state index contributed by atoms with van der Waals surface area (Å²) in [5.74, 6) is -0.371. The van der Waals surface area contributed by atoms with E-state index in [1.165, 1.54) is 12.1 Å². The quantitative estimate of drug-likeness (QED) is 0.341. The maximum absolute atomic E-state index is 12.3. The minimum Gasteiger partial charge on any atom is -0.461 e. The van der Waals surface area contributed by atoms with Crippen molar-refractivity contribution in [2.45, 2.75) is 26.5 Å². The van der Waals surface area contributed by atoms with E-state index < -0.39 is 11.7 Å². The molecule has 0 saturated heterocycles. The minimum atomic E-state index is -0.602. The summed E-state index contributed by atoms with van der Waals surface area (Å²) in [6.45, 7) is 2.38. The molecule has 2 aromatic heterocycles. The van der Waals surface area contributed by atoms with Crippen LogP contribution in [0.15, 0.2) is 70.0 Å². The Morgan fingerprint density at radius 2 is 1.91 bits per heavy atom. The van der Waals surface area contributed by atoms with Crippen LogP contribution in [0.5, 0.6) is 0 Å². The zero-order valence-electron chi connectivity index (χ0n) is 17.5. The predicted molar refractivity (Wildman–Crippen MR) is 119 cm³/mol. The van der Waals surface area contributed by atoms with Crippen LogP contribution in [0, 0.1) is 0 Å². The van der Waals surface area contributed by atoms with Crippen LogP contribution < -0.4 is 10.9 Å². The number of hydrogen-bond acceptors (Lipinski definition) is 6. The SMILES string of the molecule is CCOC(=O)Nc1ccc2c(COC(=O)CCn3ccc4ccccc43)cc(=O)oc2c1. The molecule has 32 heavy (non-hydrogen) atoms. The van der Waals surface area contributed by atoms with E-state index in [0.29, 0.717) is 23.2 Å². The van der Waals surface area contributed by atoms with Crippen LogP contribution in [-0.4, -0.2) is 23.2 Å². The van der Waals surface area contributed by atoms with Crippen molar-refractivity contribution in [3.05, 3.63) is 76.8 Å². The molecule has 0 bridgehead atoms. The Bertz CT molecular complexity index is 1340. The third-order valence-electron chi connectivity index (χ3n) is 4.98. The van der Waals surface area contributed by atoms with Crippen molar-refractivity contribution in [1.82, 2.24) is 4.57 Å². The molecule has 0 aliphatic heterocycles. The number of nitrogens with zero attached hydrogens (tertiary/aromatic N) is 1. The van der Waals surface area contributed by atoms with Crippen molar-refractivity contribution >= 4 is 39.6 Å². The third kappa shape index (κ3) is 4.80. The summed E-state index contributed by atoms with van der Waals surface area (Å²) in [5, 5.41) is 4.28. The molecule has 2 heterocycles. The molecular formula is C24H22N2O6. The summed E-state index contributed by atoms with van der Waals surface area (Å²) in [6.07, 6.45) is 1.54. The van der Waals surface area contributed by atoms with Crippen molar-refractivity contribution in [3.8, 4) is 0 Å². The van der Waals surface area contributed by atoms with Crippen molar-refractivity contribution in [2.75, 3.05) is 11.9 Å². The number of carbonyl (C=O) groups is 2. The van der Waals surface area contributed by atoms with Gasteiger partial charge in [0, 0.05) is 47.0 Å². The standard InChI is InChI=1S/C24H22N2O6/c1-2-30-24(29)25-18-7-8-19-17(13-23(28)32-21(19)14-18)15-31-22(27)10-12-26-11-9-16-5-3-4-6-20(16)26/h3-9,11,13-14H,2,10,12,15H2,1H3,(H,25,29). The van der Waals surface area contributed by atoms with Gasteiger partial charge in [-0.25, -0.2) is 9.59 Å². The number of rotatable bonds is 7. The lowest BCUT2D eigenvalue weighted by atomic mass is 10.1. The highest BCUT2D eigenvalue weighted by Gasteiger charge is 2.11. The van der Waals surface area contributed by atoms with Gasteiger partial charge in [-0.2, -0.15) is 0 Å². The molecule has 1 amide bonds. The number of ether oxygens (including phenoxy) is 2. The fraction of sp³-hybridized carbons (Fsp3) is 0.208. The normalized spacial score (nSPS) is 10.9. The average Bonchev–Trinajstić information content (AvgIpc) is 3.19. The predicted octanol–water partition coefficient (Wildman–Crippen LogP) is 4.45. The number of nitrogens with one attached hydrogen (secondary N) is 1. The Kier molecular flexibility index (Phi) is 6.21. The van der Waals surface area contributed by atoms with Gasteiger partial charge in [0.15, 0.2) is 0 Å². The first-order valence-corrected chi connectivity index (χ1v) is 10.2. The van der Waals surface area contributed by atoms with Crippen LogP contribution in [0.3, 0.4) is 0 Å². The van der Waals surface area contributed by atoms with Gasteiger partial charge >= 0.3 is 17.7 Å². The number of fused-ring (bicyclic) bond motifs is 2. The maximum Gasteiger partial charge on any atom is 0.411 e. The molecule has 4 rings (SSSR count). The van der Waals surface area contributed by atoms with E-state index in [1.807, 2.05) is 41.1 Å². The lowest BCUT2D eigenvalue weighted by Gasteiger charge is -2.10. The number of aryl methyl sites for hydroxylation is 1. The number of amides is 1. The Morgan fingerprint density at radius 1 is 1.06 bits per heavy atom. The molecule has 8 nitrogen and oxygen atoms in total. The van der Waals surface area contributed by atoms with E-state index >= 15 is 0 Å². The number of para-hydroxylation sites is 1. The largest absolute Gasteiger partial charge is 0.461 e. The summed E-state index contributed by atoms with van der Waals surface area (Å²) in [6, 6.07) is 16.1. The molecular weight excluding hydrogens is 412 g/mol. The Hall–Kier alpha value is -4.07. The zero-order chi connectivity index (χ0) is 22.5. The summed E-state index contributed by atoms with van der Waals surface area (Å²) in [5.41, 5.74) is 1.71. The lowest BCUT2D eigenvalue weighted by molar-refractivity contribution is -0.145. The second-order valence-corrected chi connectivity index (χ2v) is 7.13. The van der Waals surface area contributed by atoms with Crippen LogP contribution in [-0.2, 0) is 27.4 Å². The van der Waals surface area contributed by atoms with E-state index in [-0.39, 0.29) is 31.2 Å². The van der Waals surface area contributed by atoms with Crippen LogP contribution >= 0.6 is 0 Å². The van der Waals surface area contributed by atoms with Gasteiger partial charge in [-0.15, -0.1) is 0 Å². The summed E-state index contributed by atoms with van der Waals surface area (Å²) >= 11 is 0. The molecule has 0 saturated carbocycles. The van der Waals surface area contributed by atoms with Crippen molar-refractivity contribution in [1.29, 1.82) is 0 Å². The van der Waals surface area contributed by atoms with Crippen molar-refractivity contribution in [2.24, 2.45) is 0 Å². The molecule has 4 aromatic rings. The molecule has 164 valence electrons. The van der Waals surface area contributed by atoms with Gasteiger partial charge in [0.05, 0.1) is 13.0 Å². The number of anilines is 1. The number of carbonyl (C=O) groups excluding carboxylic acids is 2. The zero-order valence-corrected chi connectivity index (χ0v) is 17.5. The first-order chi connectivity index (χ1) is 15.5. The molecule has 0 unspecified atom stereocenters. The van der Waals surface area contributed by atoms with Gasteiger partial charge in [0.25, 0.3) is 0 Å². The van der Waals surface area contributed by atoms with Gasteiger partial charge < -0.3 is 18.5 Å². The molecule has 2 aromatic carbocycles. The first kappa shape index (κ1) is 21.2. The topological polar surface area (TPSA) is 99.8 Å². The van der Waals surface area contributed by atoms with Gasteiger partial charge in [-0.3, -0.25) is 10.1 Å². The highest BCUT2D eigenvalue weighted by Crippen LogP contribution is 2.22. The molecule has 0 aliphatic carbocycles. The smallest absolute Gasteiger partial charge is 0.411 e. The highest BCUT2D eigenvalue weighted by molar-refractivity contribution is 5.90. The Balaban J connectivity index is 1.42. The van der Waals surface area contributed by atoms with Gasteiger partial charge in [0.2, 0.25) is 0 Å². The molecule has 1 N–H and O–H groups in total. The van der Waals surface area contributed by atoms with E-state index in [2.05, 4.69) is 5.32 Å². The second kappa shape index (κ2) is 9.38. The van der Waals surface area contributed by atoms with Gasteiger partial charge in [-0.05, 0) is 36.6 Å². The van der Waals surface area contributed by atoms with Crippen molar-refractivity contribution < 1.29 is 23.5 Å². The summed E-state index contributed by atoms with van der Waals surface area (Å²) in [7, 11) is 0. The second-order valence-electron chi connectivity index (χ2n) is 7.13. The van der Waals surface area contributed by atoms with Crippen LogP contribution in [0.1, 0.15) is 18.9 Å². The van der Waals surface area contributed by atoms with E-state index in [4.69, 9.17) is 13.9 Å². The molecule has 0 spiro atoms. The number of aromatic nitrogens is 1. The molecule has 0 fully saturated rings. The number of benzene rings is 2.